The van der Waals surface area contributed by atoms with Crippen molar-refractivity contribution in [3.8, 4) is 11.5 Å². The molecule has 0 bridgehead atoms. The second kappa shape index (κ2) is 9.86. The van der Waals surface area contributed by atoms with Gasteiger partial charge in [-0.25, -0.2) is 4.79 Å². The number of esters is 1. The average Bonchev–Trinajstić information content (AvgIpc) is 2.68. The maximum atomic E-state index is 12.4. The highest BCUT2D eigenvalue weighted by molar-refractivity contribution is 5.92. The molecule has 8 heteroatoms. The van der Waals surface area contributed by atoms with E-state index >= 15 is 0 Å². The van der Waals surface area contributed by atoms with Gasteiger partial charge in [-0.15, -0.1) is 0 Å². The molecule has 0 unspecified atom stereocenters. The van der Waals surface area contributed by atoms with Crippen LogP contribution in [0.1, 0.15) is 40.0 Å². The van der Waals surface area contributed by atoms with Gasteiger partial charge in [-0.1, -0.05) is 18.2 Å². The lowest BCUT2D eigenvalue weighted by Crippen LogP contribution is -2.31. The number of benzene rings is 2. The van der Waals surface area contributed by atoms with Crippen LogP contribution in [-0.4, -0.2) is 32.2 Å². The molecule has 0 fully saturated rings. The van der Waals surface area contributed by atoms with Crippen molar-refractivity contribution in [2.45, 2.75) is 33.4 Å². The number of ether oxygens (including phenoxy) is 3. The highest BCUT2D eigenvalue weighted by atomic mass is 19.3. The van der Waals surface area contributed by atoms with Crippen LogP contribution in [0.2, 0.25) is 0 Å². The van der Waals surface area contributed by atoms with Gasteiger partial charge in [-0.05, 0) is 55.7 Å². The molecule has 0 aliphatic rings. The second-order valence-corrected chi connectivity index (χ2v) is 6.45. The molecule has 0 saturated heterocycles. The Bertz CT molecular complexity index is 885. The number of hydrogen-bond donors (Lipinski definition) is 1. The molecule has 0 radical (unpaired) electrons. The van der Waals surface area contributed by atoms with Crippen LogP contribution < -0.4 is 14.8 Å². The third kappa shape index (κ3) is 6.17. The van der Waals surface area contributed by atoms with E-state index in [9.17, 15) is 18.4 Å². The van der Waals surface area contributed by atoms with Crippen molar-refractivity contribution in [3.05, 3.63) is 58.7 Å². The van der Waals surface area contributed by atoms with E-state index in [2.05, 4.69) is 10.1 Å². The van der Waals surface area contributed by atoms with E-state index in [1.807, 2.05) is 39.0 Å². The van der Waals surface area contributed by atoms with Gasteiger partial charge in [0.1, 0.15) is 0 Å². The van der Waals surface area contributed by atoms with E-state index in [1.54, 1.807) is 0 Å². The standard InChI is InChI=1S/C21H23F2NO5/c1-12-5-6-15(9-13(12)2)14(3)24-19(25)11-28-20(26)16-7-8-17(29-21(22)23)18(10-16)27-4/h5-10,14,21H,11H2,1-4H3,(H,24,25)/t14-/m1/s1. The van der Waals surface area contributed by atoms with Gasteiger partial charge in [0.05, 0.1) is 18.7 Å². The maximum absolute atomic E-state index is 12.4. The first-order valence-electron chi connectivity index (χ1n) is 8.87. The normalized spacial score (nSPS) is 11.7. The number of carbonyl (C=O) groups excluding carboxylic acids is 2. The van der Waals surface area contributed by atoms with Crippen LogP contribution in [0, 0.1) is 13.8 Å². The molecule has 1 amide bonds. The van der Waals surface area contributed by atoms with Crippen LogP contribution in [0.3, 0.4) is 0 Å². The number of hydrogen-bond acceptors (Lipinski definition) is 5. The number of aryl methyl sites for hydroxylation is 2. The molecular weight excluding hydrogens is 384 g/mol. The van der Waals surface area contributed by atoms with Gasteiger partial charge < -0.3 is 19.5 Å². The first-order chi connectivity index (χ1) is 13.7. The fourth-order valence-corrected chi connectivity index (χ4v) is 2.60. The molecule has 156 valence electrons. The topological polar surface area (TPSA) is 73.9 Å². The summed E-state index contributed by atoms with van der Waals surface area (Å²) in [7, 11) is 1.25. The third-order valence-electron chi connectivity index (χ3n) is 4.36. The van der Waals surface area contributed by atoms with Crippen LogP contribution in [0.25, 0.3) is 0 Å². The molecule has 1 N–H and O–H groups in total. The number of methoxy groups -OCH3 is 1. The van der Waals surface area contributed by atoms with E-state index in [-0.39, 0.29) is 23.1 Å². The summed E-state index contributed by atoms with van der Waals surface area (Å²) in [6.45, 7) is 2.32. The first-order valence-corrected chi connectivity index (χ1v) is 8.87. The highest BCUT2D eigenvalue weighted by Crippen LogP contribution is 2.29. The Morgan fingerprint density at radius 3 is 2.38 bits per heavy atom. The van der Waals surface area contributed by atoms with Crippen LogP contribution in [-0.2, 0) is 9.53 Å². The molecule has 2 aromatic carbocycles. The van der Waals surface area contributed by atoms with Crippen molar-refractivity contribution in [1.82, 2.24) is 5.32 Å². The summed E-state index contributed by atoms with van der Waals surface area (Å²) in [5.41, 5.74) is 3.25. The quantitative estimate of drug-likeness (QED) is 0.671. The lowest BCUT2D eigenvalue weighted by Gasteiger charge is -2.16. The maximum Gasteiger partial charge on any atom is 0.387 e. The summed E-state index contributed by atoms with van der Waals surface area (Å²) in [6.07, 6.45) is 0. The van der Waals surface area contributed by atoms with Crippen LogP contribution in [0.5, 0.6) is 11.5 Å². The van der Waals surface area contributed by atoms with E-state index in [0.29, 0.717) is 0 Å². The number of carbonyl (C=O) groups is 2. The summed E-state index contributed by atoms with van der Waals surface area (Å²) in [5.74, 6) is -1.51. The lowest BCUT2D eigenvalue weighted by atomic mass is 10.0. The van der Waals surface area contributed by atoms with E-state index < -0.39 is 25.1 Å². The summed E-state index contributed by atoms with van der Waals surface area (Å²) in [5, 5.41) is 2.76. The summed E-state index contributed by atoms with van der Waals surface area (Å²) in [4.78, 5) is 24.2. The van der Waals surface area contributed by atoms with Gasteiger partial charge in [0.25, 0.3) is 5.91 Å². The summed E-state index contributed by atoms with van der Waals surface area (Å²) < 4.78 is 38.9. The Hall–Kier alpha value is -3.16. The SMILES string of the molecule is COc1cc(C(=O)OCC(=O)N[C@H](C)c2ccc(C)c(C)c2)ccc1OC(F)F. The Labute approximate surface area is 167 Å². The Kier molecular flexibility index (Phi) is 7.52. The molecule has 1 atom stereocenters. The molecule has 2 rings (SSSR count). The molecule has 0 aromatic heterocycles. The van der Waals surface area contributed by atoms with Crippen molar-refractivity contribution in [2.75, 3.05) is 13.7 Å². The molecule has 2 aromatic rings. The molecule has 6 nitrogen and oxygen atoms in total. The van der Waals surface area contributed by atoms with Crippen LogP contribution in [0.4, 0.5) is 8.78 Å². The molecule has 0 saturated carbocycles. The Morgan fingerprint density at radius 1 is 1.03 bits per heavy atom. The smallest absolute Gasteiger partial charge is 0.387 e. The fraction of sp³-hybridized carbons (Fsp3) is 0.333. The molecule has 0 aliphatic carbocycles. The molecular formula is C21H23F2NO5. The van der Waals surface area contributed by atoms with Gasteiger partial charge in [-0.3, -0.25) is 4.79 Å². The Balaban J connectivity index is 1.94. The number of amides is 1. The van der Waals surface area contributed by atoms with Gasteiger partial charge in [0.2, 0.25) is 0 Å². The molecule has 29 heavy (non-hydrogen) atoms. The number of alkyl halides is 2. The van der Waals surface area contributed by atoms with E-state index in [0.717, 1.165) is 16.7 Å². The fourth-order valence-electron chi connectivity index (χ4n) is 2.60. The Morgan fingerprint density at radius 2 is 1.76 bits per heavy atom. The zero-order valence-corrected chi connectivity index (χ0v) is 16.6. The lowest BCUT2D eigenvalue weighted by molar-refractivity contribution is -0.124. The zero-order chi connectivity index (χ0) is 21.6. The predicted molar refractivity (Wildman–Crippen MR) is 102 cm³/mol. The van der Waals surface area contributed by atoms with Gasteiger partial charge in [-0.2, -0.15) is 8.78 Å². The number of rotatable bonds is 8. The van der Waals surface area contributed by atoms with Crippen molar-refractivity contribution < 1.29 is 32.6 Å². The van der Waals surface area contributed by atoms with Crippen molar-refractivity contribution in [1.29, 1.82) is 0 Å². The largest absolute Gasteiger partial charge is 0.493 e. The monoisotopic (exact) mass is 407 g/mol. The summed E-state index contributed by atoms with van der Waals surface area (Å²) in [6, 6.07) is 9.25. The second-order valence-electron chi connectivity index (χ2n) is 6.45. The van der Waals surface area contributed by atoms with Crippen molar-refractivity contribution >= 4 is 11.9 Å². The first kappa shape index (κ1) is 22.1. The minimum Gasteiger partial charge on any atom is -0.493 e. The van der Waals surface area contributed by atoms with Crippen LogP contribution in [0.15, 0.2) is 36.4 Å². The highest BCUT2D eigenvalue weighted by Gasteiger charge is 2.17. The average molecular weight is 407 g/mol. The number of halogens is 2. The predicted octanol–water partition coefficient (Wildman–Crippen LogP) is 3.95. The van der Waals surface area contributed by atoms with Gasteiger partial charge >= 0.3 is 12.6 Å². The van der Waals surface area contributed by atoms with E-state index in [4.69, 9.17) is 9.47 Å². The summed E-state index contributed by atoms with van der Waals surface area (Å²) >= 11 is 0. The molecule has 0 heterocycles. The van der Waals surface area contributed by atoms with Crippen molar-refractivity contribution in [2.24, 2.45) is 0 Å². The molecule has 0 spiro atoms. The van der Waals surface area contributed by atoms with Crippen molar-refractivity contribution in [3.63, 3.8) is 0 Å². The van der Waals surface area contributed by atoms with Crippen LogP contribution >= 0.6 is 0 Å². The van der Waals surface area contributed by atoms with Gasteiger partial charge in [0.15, 0.2) is 18.1 Å². The number of nitrogens with one attached hydrogen (secondary N) is 1. The minimum atomic E-state index is -3.02. The minimum absolute atomic E-state index is 0.0403. The van der Waals surface area contributed by atoms with E-state index in [1.165, 1.54) is 25.3 Å². The van der Waals surface area contributed by atoms with Gasteiger partial charge in [0, 0.05) is 0 Å². The molecule has 0 aliphatic heterocycles. The zero-order valence-electron chi connectivity index (χ0n) is 16.6. The third-order valence-corrected chi connectivity index (χ3v) is 4.36.